The second kappa shape index (κ2) is 37.4. The van der Waals surface area contributed by atoms with Gasteiger partial charge in [0.25, 0.3) is 0 Å². The monoisotopic (exact) mass is 789 g/mol. The lowest BCUT2D eigenvalue weighted by Crippen LogP contribution is -2.31. The van der Waals surface area contributed by atoms with E-state index in [9.17, 15) is 18.0 Å². The minimum absolute atomic E-state index is 0.0102. The largest absolute Gasteiger partial charge is 0.462 e. The van der Waals surface area contributed by atoms with E-state index in [4.69, 9.17) is 17.8 Å². The molecule has 0 rings (SSSR count). The lowest BCUT2D eigenvalue weighted by atomic mass is 9.93. The zero-order valence-corrected chi connectivity index (χ0v) is 37.0. The molecule has 0 aliphatic carbocycles. The fourth-order valence-electron chi connectivity index (χ4n) is 6.54. The van der Waals surface area contributed by atoms with E-state index >= 15 is 0 Å². The Morgan fingerprint density at radius 1 is 0.463 bits per heavy atom. The molecular weight excluding hydrogens is 701 g/mol. The highest BCUT2D eigenvalue weighted by Gasteiger charge is 2.23. The number of carbonyl (C=O) groups is 2. The van der Waals surface area contributed by atoms with Crippen LogP contribution >= 0.6 is 0 Å². The van der Waals surface area contributed by atoms with Crippen LogP contribution in [0, 0.1) is 5.41 Å². The summed E-state index contributed by atoms with van der Waals surface area (Å²) in [6.07, 6.45) is 37.4. The van der Waals surface area contributed by atoms with Crippen molar-refractivity contribution >= 4 is 22.3 Å². The Balaban J connectivity index is 4.30. The summed E-state index contributed by atoms with van der Waals surface area (Å²) in [5.41, 5.74) is -0.0958. The van der Waals surface area contributed by atoms with E-state index in [0.717, 1.165) is 32.1 Å². The van der Waals surface area contributed by atoms with Crippen molar-refractivity contribution in [3.8, 4) is 0 Å². The van der Waals surface area contributed by atoms with E-state index in [1.165, 1.54) is 154 Å². The van der Waals surface area contributed by atoms with Crippen molar-refractivity contribution in [3.63, 3.8) is 0 Å². The van der Waals surface area contributed by atoms with Crippen LogP contribution < -0.4 is 0 Å². The summed E-state index contributed by atoms with van der Waals surface area (Å²) in [5.74, 6) is -0.819. The van der Waals surface area contributed by atoms with Gasteiger partial charge in [-0.1, -0.05) is 214 Å². The summed E-state index contributed by atoms with van der Waals surface area (Å²) in [7, 11) is -4.29. The molecule has 0 aliphatic rings. The normalized spacial score (nSPS) is 12.6. The van der Waals surface area contributed by atoms with E-state index in [1.54, 1.807) is 0 Å². The van der Waals surface area contributed by atoms with Crippen LogP contribution in [0.5, 0.6) is 0 Å². The van der Waals surface area contributed by atoms with E-state index in [-0.39, 0.29) is 37.4 Å². The lowest BCUT2D eigenvalue weighted by molar-refractivity contribution is -0.161. The Morgan fingerprint density at radius 3 is 1.15 bits per heavy atom. The summed E-state index contributed by atoms with van der Waals surface area (Å²) in [6, 6.07) is 0. The Bertz CT molecular complexity index is 946. The topological polar surface area (TPSA) is 105 Å². The van der Waals surface area contributed by atoms with Gasteiger partial charge in [0.1, 0.15) is 13.2 Å². The van der Waals surface area contributed by atoms with Gasteiger partial charge in [-0.15, -0.1) is 0 Å². The Kier molecular flexibility index (Phi) is 36.6. The third kappa shape index (κ3) is 40.5. The van der Waals surface area contributed by atoms with Crippen molar-refractivity contribution < 1.29 is 35.8 Å². The van der Waals surface area contributed by atoms with Crippen LogP contribution in [-0.2, 0) is 37.8 Å². The zero-order chi connectivity index (χ0) is 40.0. The summed E-state index contributed by atoms with van der Waals surface area (Å²) in [5, 5.41) is 0. The molecule has 0 aromatic carbocycles. The minimum atomic E-state index is -4.29. The van der Waals surface area contributed by atoms with Crippen molar-refractivity contribution in [1.82, 2.24) is 0 Å². The number of rotatable bonds is 41. The number of hydrogen-bond acceptors (Lipinski definition) is 8. The molecule has 0 N–H and O–H groups in total. The predicted octanol–water partition coefficient (Wildman–Crippen LogP) is 13.7. The van der Waals surface area contributed by atoms with E-state index in [1.807, 2.05) is 20.8 Å². The molecule has 0 fully saturated rings. The Labute approximate surface area is 335 Å². The minimum Gasteiger partial charge on any atom is -0.462 e. The molecule has 8 nitrogen and oxygen atoms in total. The van der Waals surface area contributed by atoms with Gasteiger partial charge >= 0.3 is 22.3 Å². The summed E-state index contributed by atoms with van der Waals surface area (Å²) < 4.78 is 45.7. The highest BCUT2D eigenvalue weighted by molar-refractivity contribution is 7.81. The molecule has 322 valence electrons. The number of unbranched alkanes of at least 4 members (excludes halogenated alkanes) is 28. The van der Waals surface area contributed by atoms with E-state index in [0.29, 0.717) is 12.8 Å². The molecule has 0 spiro atoms. The van der Waals surface area contributed by atoms with Crippen LogP contribution in [0.15, 0.2) is 0 Å². The smallest absolute Gasteiger partial charge is 0.399 e. The van der Waals surface area contributed by atoms with Gasteiger partial charge in [-0.2, -0.15) is 8.42 Å². The number of hydrogen-bond donors (Lipinski definition) is 0. The molecule has 54 heavy (non-hydrogen) atoms. The van der Waals surface area contributed by atoms with Crippen molar-refractivity contribution in [2.24, 2.45) is 5.41 Å². The zero-order valence-electron chi connectivity index (χ0n) is 36.2. The van der Waals surface area contributed by atoms with Gasteiger partial charge in [-0.05, 0) is 24.7 Å². The van der Waals surface area contributed by atoms with Crippen LogP contribution in [0.4, 0.5) is 0 Å². The van der Waals surface area contributed by atoms with Crippen molar-refractivity contribution in [2.75, 3.05) is 19.8 Å². The van der Waals surface area contributed by atoms with E-state index in [2.05, 4.69) is 13.8 Å². The summed E-state index contributed by atoms with van der Waals surface area (Å²) >= 11 is 0. The van der Waals surface area contributed by atoms with Crippen LogP contribution in [0.1, 0.15) is 247 Å². The average molecular weight is 789 g/mol. The molecule has 0 amide bonds. The molecule has 0 saturated carbocycles. The van der Waals surface area contributed by atoms with Gasteiger partial charge in [0.05, 0.1) is 6.61 Å². The predicted molar refractivity (Wildman–Crippen MR) is 225 cm³/mol. The van der Waals surface area contributed by atoms with Crippen LogP contribution in [0.2, 0.25) is 0 Å². The molecule has 0 aliphatic heterocycles. The molecule has 1 unspecified atom stereocenters. The van der Waals surface area contributed by atoms with Crippen LogP contribution in [-0.4, -0.2) is 46.3 Å². The number of ether oxygens (including phenoxy) is 2. The van der Waals surface area contributed by atoms with Gasteiger partial charge in [0.2, 0.25) is 0 Å². The summed E-state index contributed by atoms with van der Waals surface area (Å²) in [4.78, 5) is 25.2. The maximum atomic E-state index is 12.7. The second-order valence-corrected chi connectivity index (χ2v) is 18.3. The maximum Gasteiger partial charge on any atom is 0.399 e. The molecule has 0 bridgehead atoms. The third-order valence-corrected chi connectivity index (χ3v) is 11.1. The van der Waals surface area contributed by atoms with Crippen molar-refractivity contribution in [3.05, 3.63) is 0 Å². The molecular formula is C45H88O8S. The first kappa shape index (κ1) is 52.8. The first-order valence-corrected chi connectivity index (χ1v) is 24.2. The van der Waals surface area contributed by atoms with E-state index < -0.39 is 29.1 Å². The molecule has 1 atom stereocenters. The quantitative estimate of drug-likeness (QED) is 0.0445. The van der Waals surface area contributed by atoms with Crippen LogP contribution in [0.25, 0.3) is 0 Å². The third-order valence-electron chi connectivity index (χ3n) is 10.2. The highest BCUT2D eigenvalue weighted by Crippen LogP contribution is 2.19. The molecule has 0 heterocycles. The SMILES string of the molecule is CCCCCCCCCCCCCCCCCC(=O)OCC(COS(=O)(=O)OCCC(C)(C)C)OC(=O)CCCCCCCCCCCCCCCCC. The van der Waals surface area contributed by atoms with Crippen LogP contribution in [0.3, 0.4) is 0 Å². The Morgan fingerprint density at radius 2 is 0.796 bits per heavy atom. The number of esters is 2. The van der Waals surface area contributed by atoms with Gasteiger partial charge in [0.15, 0.2) is 6.10 Å². The Hall–Kier alpha value is -1.19. The lowest BCUT2D eigenvalue weighted by Gasteiger charge is -2.19. The van der Waals surface area contributed by atoms with Gasteiger partial charge in [0, 0.05) is 12.8 Å². The molecule has 0 radical (unpaired) electrons. The molecule has 0 aromatic heterocycles. The van der Waals surface area contributed by atoms with Gasteiger partial charge in [-0.25, -0.2) is 8.37 Å². The first-order valence-electron chi connectivity index (χ1n) is 22.9. The van der Waals surface area contributed by atoms with Crippen molar-refractivity contribution in [2.45, 2.75) is 253 Å². The molecule has 0 aromatic rings. The highest BCUT2D eigenvalue weighted by atomic mass is 32.3. The standard InChI is InChI=1S/C45H88O8S/c1-6-8-10-12-14-16-18-20-22-24-26-28-30-32-34-36-43(46)50-40-42(41-52-54(48,49)51-39-38-45(3,4)5)53-44(47)37-35-33-31-29-27-25-23-21-19-17-15-13-11-9-7-2/h42H,6-41H2,1-5H3. The number of carbonyl (C=O) groups excluding carboxylic acids is 2. The first-order chi connectivity index (χ1) is 26.0. The van der Waals surface area contributed by atoms with Crippen molar-refractivity contribution in [1.29, 1.82) is 0 Å². The summed E-state index contributed by atoms with van der Waals surface area (Å²) in [6.45, 7) is 9.77. The van der Waals surface area contributed by atoms with Gasteiger partial charge in [-0.3, -0.25) is 9.59 Å². The average Bonchev–Trinajstić information content (AvgIpc) is 3.12. The second-order valence-electron chi connectivity index (χ2n) is 17.0. The van der Waals surface area contributed by atoms with Gasteiger partial charge < -0.3 is 9.47 Å². The maximum absolute atomic E-state index is 12.7. The fraction of sp³-hybridized carbons (Fsp3) is 0.956. The molecule has 0 saturated heterocycles. The molecule has 9 heteroatoms. The fourth-order valence-corrected chi connectivity index (χ4v) is 7.22.